The van der Waals surface area contributed by atoms with Crippen molar-refractivity contribution in [3.63, 3.8) is 0 Å². The van der Waals surface area contributed by atoms with Crippen molar-refractivity contribution < 1.29 is 0 Å². The van der Waals surface area contributed by atoms with Gasteiger partial charge in [0, 0.05) is 14.4 Å². The van der Waals surface area contributed by atoms with Crippen molar-refractivity contribution in [2.75, 3.05) is 13.1 Å². The highest BCUT2D eigenvalue weighted by Crippen LogP contribution is 2.55. The van der Waals surface area contributed by atoms with Crippen molar-refractivity contribution in [1.29, 1.82) is 0 Å². The van der Waals surface area contributed by atoms with Crippen molar-refractivity contribution in [2.45, 2.75) is 69.6 Å². The molecule has 0 atom stereocenters. The van der Waals surface area contributed by atoms with Gasteiger partial charge in [0.25, 0.3) is 0 Å². The molecule has 1 aliphatic carbocycles. The third-order valence-electron chi connectivity index (χ3n) is 6.40. The lowest BCUT2D eigenvalue weighted by Gasteiger charge is -2.33. The second-order valence-corrected chi connectivity index (χ2v) is 10.2. The van der Waals surface area contributed by atoms with E-state index in [1.54, 1.807) is 0 Å². The molecule has 0 spiro atoms. The molecule has 0 fully saturated rings. The third kappa shape index (κ3) is 5.33. The van der Waals surface area contributed by atoms with Crippen LogP contribution in [0.1, 0.15) is 75.3 Å². The van der Waals surface area contributed by atoms with Crippen LogP contribution < -0.4 is 11.5 Å². The second kappa shape index (κ2) is 11.1. The van der Waals surface area contributed by atoms with E-state index >= 15 is 0 Å². The normalized spacial score (nSPS) is 14.1. The molecule has 0 heterocycles. The van der Waals surface area contributed by atoms with Gasteiger partial charge in [-0.15, -0.1) is 0 Å². The van der Waals surface area contributed by atoms with Crippen molar-refractivity contribution in [1.82, 2.24) is 0 Å². The second-order valence-electron chi connectivity index (χ2n) is 8.37. The minimum absolute atomic E-state index is 0.115. The Bertz CT molecular complexity index is 736. The van der Waals surface area contributed by atoms with Crippen LogP contribution in [0.2, 0.25) is 0 Å². The molecule has 2 nitrogen and oxygen atoms in total. The van der Waals surface area contributed by atoms with Crippen LogP contribution in [0.3, 0.4) is 0 Å². The Morgan fingerprint density at radius 1 is 0.586 bits per heavy atom. The Labute approximate surface area is 193 Å². The fourth-order valence-electron chi connectivity index (χ4n) is 4.95. The molecule has 0 radical (unpaired) electrons. The monoisotopic (exact) mass is 520 g/mol. The summed E-state index contributed by atoms with van der Waals surface area (Å²) >= 11 is 7.49. The number of hydrogen-bond donors (Lipinski definition) is 2. The molecule has 2 aromatic carbocycles. The lowest BCUT2D eigenvalue weighted by atomic mass is 9.70. The van der Waals surface area contributed by atoms with Gasteiger partial charge in [-0.05, 0) is 85.3 Å². The van der Waals surface area contributed by atoms with Gasteiger partial charge in [-0.2, -0.15) is 0 Å². The molecule has 0 saturated carbocycles. The summed E-state index contributed by atoms with van der Waals surface area (Å²) < 4.78 is 2.36. The Kier molecular flexibility index (Phi) is 8.79. The number of halogens is 2. The summed E-state index contributed by atoms with van der Waals surface area (Å²) in [4.78, 5) is 0. The van der Waals surface area contributed by atoms with Crippen LogP contribution in [0.5, 0.6) is 0 Å². The van der Waals surface area contributed by atoms with Gasteiger partial charge in [0.2, 0.25) is 0 Å². The predicted molar refractivity (Wildman–Crippen MR) is 132 cm³/mol. The molecular weight excluding hydrogens is 488 g/mol. The van der Waals surface area contributed by atoms with Crippen LogP contribution in [0, 0.1) is 0 Å². The van der Waals surface area contributed by atoms with Gasteiger partial charge in [0.05, 0.1) is 0 Å². The maximum atomic E-state index is 5.70. The van der Waals surface area contributed by atoms with Crippen LogP contribution in [-0.2, 0) is 5.41 Å². The summed E-state index contributed by atoms with van der Waals surface area (Å²) in [5.41, 5.74) is 17.4. The highest BCUT2D eigenvalue weighted by atomic mass is 79.9. The van der Waals surface area contributed by atoms with Gasteiger partial charge in [-0.1, -0.05) is 82.5 Å². The van der Waals surface area contributed by atoms with E-state index in [0.29, 0.717) is 0 Å². The molecule has 0 aliphatic heterocycles. The molecule has 158 valence electrons. The fraction of sp³-hybridized carbons (Fsp3) is 0.520. The summed E-state index contributed by atoms with van der Waals surface area (Å²) in [5.74, 6) is 0. The van der Waals surface area contributed by atoms with Gasteiger partial charge in [-0.3, -0.25) is 0 Å². The molecular formula is C25H34Br2N2. The number of unbranched alkanes of at least 4 members (excludes halogenated alkanes) is 6. The van der Waals surface area contributed by atoms with Gasteiger partial charge >= 0.3 is 0 Å². The molecule has 0 aromatic heterocycles. The van der Waals surface area contributed by atoms with E-state index in [1.165, 1.54) is 82.6 Å². The number of nitrogens with two attached hydrogens (primary N) is 2. The summed E-state index contributed by atoms with van der Waals surface area (Å²) in [5, 5.41) is 0. The first-order valence-corrected chi connectivity index (χ1v) is 12.7. The molecule has 0 unspecified atom stereocenters. The van der Waals surface area contributed by atoms with Crippen molar-refractivity contribution in [3.8, 4) is 11.1 Å². The Balaban J connectivity index is 1.93. The zero-order chi connectivity index (χ0) is 20.7. The Hall–Kier alpha value is -0.680. The standard InChI is InChI=1S/C25H34Br2N2/c26-19-9-11-21-22-12-10-20(27)18-24(22)25(23(21)17-19,13-5-1-3-7-15-28)14-6-2-4-8-16-29/h9-12,17-18H,1-8,13-16,28-29H2. The van der Waals surface area contributed by atoms with Crippen LogP contribution in [0.4, 0.5) is 0 Å². The lowest BCUT2D eigenvalue weighted by molar-refractivity contribution is 0.399. The first kappa shape index (κ1) is 23.0. The van der Waals surface area contributed by atoms with Crippen molar-refractivity contribution in [3.05, 3.63) is 56.5 Å². The minimum atomic E-state index is 0.115. The summed E-state index contributed by atoms with van der Waals surface area (Å²) in [6, 6.07) is 13.7. The van der Waals surface area contributed by atoms with E-state index in [-0.39, 0.29) is 5.41 Å². The van der Waals surface area contributed by atoms with E-state index in [4.69, 9.17) is 11.5 Å². The average Bonchev–Trinajstić information content (AvgIpc) is 2.96. The topological polar surface area (TPSA) is 52.0 Å². The van der Waals surface area contributed by atoms with Crippen molar-refractivity contribution in [2.24, 2.45) is 11.5 Å². The van der Waals surface area contributed by atoms with E-state index in [2.05, 4.69) is 68.3 Å². The smallest absolute Gasteiger partial charge is 0.0216 e. The van der Waals surface area contributed by atoms with Crippen LogP contribution in [0.25, 0.3) is 11.1 Å². The largest absolute Gasteiger partial charge is 0.330 e. The van der Waals surface area contributed by atoms with Crippen molar-refractivity contribution >= 4 is 31.9 Å². The SMILES string of the molecule is NCCCCCCC1(CCCCCCN)c2cc(Br)ccc2-c2ccc(Br)cc21. The molecule has 4 heteroatoms. The number of rotatable bonds is 12. The number of fused-ring (bicyclic) bond motifs is 3. The summed E-state index contributed by atoms with van der Waals surface area (Å²) in [6.45, 7) is 1.61. The van der Waals surface area contributed by atoms with E-state index in [9.17, 15) is 0 Å². The average molecular weight is 522 g/mol. The van der Waals surface area contributed by atoms with Gasteiger partial charge in [-0.25, -0.2) is 0 Å². The minimum Gasteiger partial charge on any atom is -0.330 e. The van der Waals surface area contributed by atoms with Crippen LogP contribution in [0.15, 0.2) is 45.3 Å². The zero-order valence-corrected chi connectivity index (χ0v) is 20.5. The molecule has 0 saturated heterocycles. The zero-order valence-electron chi connectivity index (χ0n) is 17.4. The Morgan fingerprint density at radius 2 is 1.00 bits per heavy atom. The van der Waals surface area contributed by atoms with Gasteiger partial charge < -0.3 is 11.5 Å². The maximum Gasteiger partial charge on any atom is 0.0216 e. The molecule has 4 N–H and O–H groups in total. The highest BCUT2D eigenvalue weighted by Gasteiger charge is 2.42. The molecule has 2 aromatic rings. The van der Waals surface area contributed by atoms with E-state index in [1.807, 2.05) is 0 Å². The fourth-order valence-corrected chi connectivity index (χ4v) is 5.67. The number of benzene rings is 2. The quantitative estimate of drug-likeness (QED) is 0.288. The molecule has 29 heavy (non-hydrogen) atoms. The lowest BCUT2D eigenvalue weighted by Crippen LogP contribution is -2.25. The first-order valence-electron chi connectivity index (χ1n) is 11.1. The first-order chi connectivity index (χ1) is 14.1. The van der Waals surface area contributed by atoms with E-state index < -0.39 is 0 Å². The van der Waals surface area contributed by atoms with Gasteiger partial charge in [0.1, 0.15) is 0 Å². The third-order valence-corrected chi connectivity index (χ3v) is 7.39. The summed E-state index contributed by atoms with van der Waals surface area (Å²) in [7, 11) is 0. The molecule has 3 rings (SSSR count). The van der Waals surface area contributed by atoms with Crippen LogP contribution in [-0.4, -0.2) is 13.1 Å². The molecule has 0 bridgehead atoms. The number of hydrogen-bond acceptors (Lipinski definition) is 2. The van der Waals surface area contributed by atoms with Crippen LogP contribution >= 0.6 is 31.9 Å². The van der Waals surface area contributed by atoms with Gasteiger partial charge in [0.15, 0.2) is 0 Å². The predicted octanol–water partition coefficient (Wildman–Crippen LogP) is 7.30. The molecule has 1 aliphatic rings. The Morgan fingerprint density at radius 3 is 1.41 bits per heavy atom. The van der Waals surface area contributed by atoms with E-state index in [0.717, 1.165) is 25.9 Å². The maximum absolute atomic E-state index is 5.70. The summed E-state index contributed by atoms with van der Waals surface area (Å²) in [6.07, 6.45) is 12.2. The highest BCUT2D eigenvalue weighted by molar-refractivity contribution is 9.10. The molecule has 0 amide bonds.